The minimum Gasteiger partial charge on any atom is -0.455 e. The zero-order valence-corrected chi connectivity index (χ0v) is 14.7. The first-order valence-electron chi connectivity index (χ1n) is 8.50. The van der Waals surface area contributed by atoms with Gasteiger partial charge in [0.05, 0.1) is 22.9 Å². The summed E-state index contributed by atoms with van der Waals surface area (Å²) in [6, 6.07) is 14.2. The van der Waals surface area contributed by atoms with Crippen LogP contribution in [0.3, 0.4) is 0 Å². The zero-order valence-electron chi connectivity index (χ0n) is 14.7. The molecule has 1 aliphatic rings. The SMILES string of the molecule is N#Cc1ccccc1NC(=O)COC(=O)[C@H]1CC(=O)N(c2ccccc2F)C1. The molecule has 0 spiro atoms. The van der Waals surface area contributed by atoms with E-state index < -0.39 is 30.2 Å². The fraction of sp³-hybridized carbons (Fsp3) is 0.200. The number of anilines is 2. The second kappa shape index (κ2) is 8.31. The molecule has 2 aromatic carbocycles. The van der Waals surface area contributed by atoms with Crippen molar-refractivity contribution in [1.82, 2.24) is 0 Å². The number of ether oxygens (including phenoxy) is 1. The molecular formula is C20H16FN3O4. The highest BCUT2D eigenvalue weighted by molar-refractivity contribution is 6.00. The molecule has 1 N–H and O–H groups in total. The molecule has 1 atom stereocenters. The van der Waals surface area contributed by atoms with E-state index in [2.05, 4.69) is 5.32 Å². The first-order chi connectivity index (χ1) is 13.5. The molecule has 2 aromatic rings. The number of benzene rings is 2. The van der Waals surface area contributed by atoms with Gasteiger partial charge in [-0.1, -0.05) is 24.3 Å². The van der Waals surface area contributed by atoms with E-state index in [9.17, 15) is 18.8 Å². The lowest BCUT2D eigenvalue weighted by Crippen LogP contribution is -2.28. The number of carbonyl (C=O) groups is 3. The quantitative estimate of drug-likeness (QED) is 0.801. The van der Waals surface area contributed by atoms with E-state index in [0.29, 0.717) is 5.69 Å². The number of hydrogen-bond acceptors (Lipinski definition) is 5. The van der Waals surface area contributed by atoms with E-state index in [0.717, 1.165) is 0 Å². The summed E-state index contributed by atoms with van der Waals surface area (Å²) in [6.45, 7) is -0.569. The Hall–Kier alpha value is -3.73. The van der Waals surface area contributed by atoms with E-state index in [-0.39, 0.29) is 30.1 Å². The molecule has 7 nitrogen and oxygen atoms in total. The second-order valence-corrected chi connectivity index (χ2v) is 6.17. The summed E-state index contributed by atoms with van der Waals surface area (Å²) >= 11 is 0. The molecule has 1 saturated heterocycles. The summed E-state index contributed by atoms with van der Waals surface area (Å²) in [7, 11) is 0. The van der Waals surface area contributed by atoms with Crippen molar-refractivity contribution in [2.24, 2.45) is 5.92 Å². The third kappa shape index (κ3) is 4.15. The Balaban J connectivity index is 1.56. The molecule has 0 aliphatic carbocycles. The number of nitrogens with zero attached hydrogens (tertiary/aromatic N) is 2. The smallest absolute Gasteiger partial charge is 0.311 e. The van der Waals surface area contributed by atoms with Crippen LogP contribution in [0.2, 0.25) is 0 Å². The first kappa shape index (κ1) is 19.0. The van der Waals surface area contributed by atoms with Crippen molar-refractivity contribution in [3.63, 3.8) is 0 Å². The van der Waals surface area contributed by atoms with Gasteiger partial charge in [0.15, 0.2) is 6.61 Å². The van der Waals surface area contributed by atoms with E-state index in [1.165, 1.54) is 23.1 Å². The molecule has 1 aliphatic heterocycles. The Morgan fingerprint density at radius 2 is 1.93 bits per heavy atom. The molecule has 0 bridgehead atoms. The van der Waals surface area contributed by atoms with Gasteiger partial charge < -0.3 is 15.0 Å². The molecule has 0 unspecified atom stereocenters. The van der Waals surface area contributed by atoms with Gasteiger partial charge in [0.1, 0.15) is 11.9 Å². The molecule has 142 valence electrons. The average Bonchev–Trinajstić information content (AvgIpc) is 3.08. The van der Waals surface area contributed by atoms with Crippen molar-refractivity contribution >= 4 is 29.2 Å². The first-order valence-corrected chi connectivity index (χ1v) is 8.50. The maximum Gasteiger partial charge on any atom is 0.311 e. The second-order valence-electron chi connectivity index (χ2n) is 6.17. The van der Waals surface area contributed by atoms with Crippen molar-refractivity contribution in [2.45, 2.75) is 6.42 Å². The van der Waals surface area contributed by atoms with Crippen molar-refractivity contribution in [1.29, 1.82) is 5.26 Å². The maximum absolute atomic E-state index is 13.9. The Labute approximate surface area is 160 Å². The molecule has 2 amide bonds. The standard InChI is InChI=1S/C20H16FN3O4/c21-15-6-2-4-8-17(15)24-11-14(9-19(24)26)20(27)28-12-18(25)23-16-7-3-1-5-13(16)10-22/h1-8,14H,9,11-12H2,(H,23,25)/t14-/m0/s1. The van der Waals surface area contributed by atoms with Crippen LogP contribution in [0.4, 0.5) is 15.8 Å². The van der Waals surface area contributed by atoms with Crippen LogP contribution in [0.1, 0.15) is 12.0 Å². The molecule has 1 heterocycles. The average molecular weight is 381 g/mol. The number of nitrogens with one attached hydrogen (secondary N) is 1. The Morgan fingerprint density at radius 1 is 1.21 bits per heavy atom. The largest absolute Gasteiger partial charge is 0.455 e. The number of halogens is 1. The predicted molar refractivity (Wildman–Crippen MR) is 97.6 cm³/mol. The normalized spacial score (nSPS) is 15.8. The van der Waals surface area contributed by atoms with E-state index >= 15 is 0 Å². The maximum atomic E-state index is 13.9. The molecule has 0 radical (unpaired) electrons. The van der Waals surface area contributed by atoms with E-state index in [1.807, 2.05) is 6.07 Å². The van der Waals surface area contributed by atoms with Gasteiger partial charge in [0.2, 0.25) is 5.91 Å². The van der Waals surface area contributed by atoms with Gasteiger partial charge in [-0.2, -0.15) is 5.26 Å². The number of nitriles is 1. The monoisotopic (exact) mass is 381 g/mol. The van der Waals surface area contributed by atoms with Crippen molar-refractivity contribution in [2.75, 3.05) is 23.4 Å². The summed E-state index contributed by atoms with van der Waals surface area (Å²) < 4.78 is 18.9. The van der Waals surface area contributed by atoms with E-state index in [1.54, 1.807) is 30.3 Å². The van der Waals surface area contributed by atoms with Gasteiger partial charge in [-0.05, 0) is 24.3 Å². The molecule has 3 rings (SSSR count). The summed E-state index contributed by atoms with van der Waals surface area (Å²) in [5.74, 6) is -3.05. The van der Waals surface area contributed by atoms with Gasteiger partial charge in [-0.25, -0.2) is 4.39 Å². The van der Waals surface area contributed by atoms with Gasteiger partial charge in [0.25, 0.3) is 5.91 Å². The number of carbonyl (C=O) groups excluding carboxylic acids is 3. The van der Waals surface area contributed by atoms with Crippen LogP contribution in [-0.4, -0.2) is 30.9 Å². The third-order valence-corrected chi connectivity index (χ3v) is 4.27. The van der Waals surface area contributed by atoms with Crippen LogP contribution in [0, 0.1) is 23.1 Å². The Kier molecular flexibility index (Phi) is 5.65. The molecule has 1 fully saturated rings. The Morgan fingerprint density at radius 3 is 2.68 bits per heavy atom. The van der Waals surface area contributed by atoms with Crippen molar-refractivity contribution in [3.8, 4) is 6.07 Å². The molecular weight excluding hydrogens is 365 g/mol. The number of para-hydroxylation sites is 2. The summed E-state index contributed by atoms with van der Waals surface area (Å²) in [4.78, 5) is 37.5. The number of esters is 1. The van der Waals surface area contributed by atoms with Gasteiger partial charge in [-0.3, -0.25) is 14.4 Å². The minimum atomic E-state index is -0.786. The van der Waals surface area contributed by atoms with Gasteiger partial charge in [-0.15, -0.1) is 0 Å². The lowest BCUT2D eigenvalue weighted by atomic mass is 10.1. The van der Waals surface area contributed by atoms with Gasteiger partial charge >= 0.3 is 5.97 Å². The summed E-state index contributed by atoms with van der Waals surface area (Å²) in [6.07, 6.45) is -0.119. The van der Waals surface area contributed by atoms with Crippen LogP contribution in [-0.2, 0) is 19.1 Å². The highest BCUT2D eigenvalue weighted by Crippen LogP contribution is 2.27. The van der Waals surface area contributed by atoms with Crippen molar-refractivity contribution < 1.29 is 23.5 Å². The third-order valence-electron chi connectivity index (χ3n) is 4.27. The van der Waals surface area contributed by atoms with Crippen LogP contribution in [0.15, 0.2) is 48.5 Å². The van der Waals surface area contributed by atoms with Gasteiger partial charge in [0, 0.05) is 13.0 Å². The fourth-order valence-corrected chi connectivity index (χ4v) is 2.90. The highest BCUT2D eigenvalue weighted by atomic mass is 19.1. The minimum absolute atomic E-state index is 0.0164. The molecule has 0 aromatic heterocycles. The number of amides is 2. The summed E-state index contributed by atoms with van der Waals surface area (Å²) in [5.41, 5.74) is 0.700. The lowest BCUT2D eigenvalue weighted by Gasteiger charge is -2.17. The van der Waals surface area contributed by atoms with Crippen LogP contribution < -0.4 is 10.2 Å². The van der Waals surface area contributed by atoms with Crippen molar-refractivity contribution in [3.05, 3.63) is 59.9 Å². The highest BCUT2D eigenvalue weighted by Gasteiger charge is 2.37. The lowest BCUT2D eigenvalue weighted by molar-refractivity contribution is -0.151. The number of rotatable bonds is 5. The molecule has 28 heavy (non-hydrogen) atoms. The predicted octanol–water partition coefficient (Wildman–Crippen LogP) is 2.23. The van der Waals surface area contributed by atoms with Crippen LogP contribution in [0.5, 0.6) is 0 Å². The topological polar surface area (TPSA) is 99.5 Å². The number of hydrogen-bond donors (Lipinski definition) is 1. The fourth-order valence-electron chi connectivity index (χ4n) is 2.90. The van der Waals surface area contributed by atoms with E-state index in [4.69, 9.17) is 10.00 Å². The molecule has 0 saturated carbocycles. The van der Waals surface area contributed by atoms with Crippen LogP contribution in [0.25, 0.3) is 0 Å². The van der Waals surface area contributed by atoms with Crippen LogP contribution >= 0.6 is 0 Å². The molecule has 8 heteroatoms. The summed E-state index contributed by atoms with van der Waals surface area (Å²) in [5, 5.41) is 11.5. The zero-order chi connectivity index (χ0) is 20.1. The Bertz CT molecular complexity index is 970.